The molecule has 0 bridgehead atoms. The van der Waals surface area contributed by atoms with E-state index in [1.54, 1.807) is 12.7 Å². The van der Waals surface area contributed by atoms with Crippen molar-refractivity contribution in [2.75, 3.05) is 0 Å². The standard InChI is InChI=1S/C18H19N3Si/c1-14(18(22)11-21-13-19-12-20-21)15-7-9-17(10-8-15)16-5-3-2-4-6-16/h2-10,12-13H,11H2,1,22H3. The first kappa shape index (κ1) is 14.5. The lowest BCUT2D eigenvalue weighted by molar-refractivity contribution is 0.693. The summed E-state index contributed by atoms with van der Waals surface area (Å²) in [5.74, 6) is 0. The van der Waals surface area contributed by atoms with Gasteiger partial charge >= 0.3 is 0 Å². The van der Waals surface area contributed by atoms with Crippen LogP contribution in [0.1, 0.15) is 12.5 Å². The highest BCUT2D eigenvalue weighted by molar-refractivity contribution is 6.25. The van der Waals surface area contributed by atoms with Crippen molar-refractivity contribution in [1.82, 2.24) is 14.8 Å². The van der Waals surface area contributed by atoms with Crippen molar-refractivity contribution in [3.63, 3.8) is 0 Å². The molecule has 0 atom stereocenters. The average Bonchev–Trinajstić information content (AvgIpc) is 3.08. The van der Waals surface area contributed by atoms with E-state index >= 15 is 0 Å². The fourth-order valence-corrected chi connectivity index (χ4v) is 3.08. The van der Waals surface area contributed by atoms with Crippen molar-refractivity contribution in [2.24, 2.45) is 0 Å². The molecule has 0 aliphatic carbocycles. The molecule has 3 nitrogen and oxygen atoms in total. The minimum atomic E-state index is 0.832. The van der Waals surface area contributed by atoms with Gasteiger partial charge in [0, 0.05) is 10.2 Å². The summed E-state index contributed by atoms with van der Waals surface area (Å²) in [7, 11) is 1.02. The van der Waals surface area contributed by atoms with Crippen molar-refractivity contribution in [3.8, 4) is 11.1 Å². The first-order valence-electron chi connectivity index (χ1n) is 7.38. The maximum Gasteiger partial charge on any atom is 0.137 e. The number of hydrogen-bond donors (Lipinski definition) is 0. The van der Waals surface area contributed by atoms with Crippen LogP contribution in [0.2, 0.25) is 0 Å². The smallest absolute Gasteiger partial charge is 0.137 e. The van der Waals surface area contributed by atoms with Crippen LogP contribution >= 0.6 is 0 Å². The van der Waals surface area contributed by atoms with Crippen LogP contribution < -0.4 is 0 Å². The highest BCUT2D eigenvalue weighted by Gasteiger charge is 2.03. The second kappa shape index (κ2) is 6.53. The van der Waals surface area contributed by atoms with Gasteiger partial charge in [0.05, 0.1) is 6.54 Å². The molecule has 1 heterocycles. The van der Waals surface area contributed by atoms with E-state index in [1.807, 2.05) is 10.7 Å². The van der Waals surface area contributed by atoms with E-state index in [4.69, 9.17) is 0 Å². The molecule has 0 unspecified atom stereocenters. The van der Waals surface area contributed by atoms with Crippen LogP contribution in [0.4, 0.5) is 0 Å². The zero-order valence-corrected chi connectivity index (χ0v) is 14.9. The minimum absolute atomic E-state index is 0.832. The molecule has 0 saturated carbocycles. The Morgan fingerprint density at radius 2 is 1.68 bits per heavy atom. The van der Waals surface area contributed by atoms with Crippen molar-refractivity contribution in [3.05, 3.63) is 78.0 Å². The first-order chi connectivity index (χ1) is 10.7. The molecule has 0 saturated heterocycles. The highest BCUT2D eigenvalue weighted by Crippen LogP contribution is 2.23. The lowest BCUT2D eigenvalue weighted by atomic mass is 10.0. The van der Waals surface area contributed by atoms with E-state index in [0.717, 1.165) is 16.8 Å². The molecule has 22 heavy (non-hydrogen) atoms. The molecule has 3 rings (SSSR count). The molecule has 0 aliphatic rings. The predicted octanol–water partition coefficient (Wildman–Crippen LogP) is 2.74. The molecule has 0 aliphatic heterocycles. The Morgan fingerprint density at radius 3 is 2.32 bits per heavy atom. The third-order valence-corrected chi connectivity index (χ3v) is 5.00. The van der Waals surface area contributed by atoms with Crippen LogP contribution in [-0.4, -0.2) is 25.0 Å². The monoisotopic (exact) mass is 305 g/mol. The van der Waals surface area contributed by atoms with E-state index in [0.29, 0.717) is 0 Å². The second-order valence-electron chi connectivity index (χ2n) is 5.44. The second-order valence-corrected chi connectivity index (χ2v) is 6.65. The zero-order valence-electron chi connectivity index (χ0n) is 12.9. The topological polar surface area (TPSA) is 30.7 Å². The van der Waals surface area contributed by atoms with Gasteiger partial charge in [-0.15, -0.1) is 0 Å². The third kappa shape index (κ3) is 3.23. The van der Waals surface area contributed by atoms with Crippen LogP contribution in [0.5, 0.6) is 0 Å². The van der Waals surface area contributed by atoms with Crippen LogP contribution in [0.25, 0.3) is 16.7 Å². The maximum absolute atomic E-state index is 4.18. The summed E-state index contributed by atoms with van der Waals surface area (Å²) in [6, 6.07) is 19.3. The summed E-state index contributed by atoms with van der Waals surface area (Å²) in [6.07, 6.45) is 3.35. The molecule has 0 spiro atoms. The Balaban J connectivity index is 1.83. The summed E-state index contributed by atoms with van der Waals surface area (Å²) >= 11 is 0. The lowest BCUT2D eigenvalue weighted by Gasteiger charge is -2.10. The van der Waals surface area contributed by atoms with Gasteiger partial charge in [0.15, 0.2) is 0 Å². The van der Waals surface area contributed by atoms with Gasteiger partial charge in [-0.1, -0.05) is 59.8 Å². The van der Waals surface area contributed by atoms with Crippen LogP contribution in [0, 0.1) is 0 Å². The lowest BCUT2D eigenvalue weighted by Crippen LogP contribution is -2.03. The highest BCUT2D eigenvalue weighted by atomic mass is 28.1. The zero-order chi connectivity index (χ0) is 15.4. The number of allylic oxidation sites excluding steroid dienone is 2. The van der Waals surface area contributed by atoms with E-state index in [2.05, 4.69) is 65.5 Å². The Labute approximate surface area is 133 Å². The Kier molecular flexibility index (Phi) is 4.30. The molecule has 0 N–H and O–H groups in total. The van der Waals surface area contributed by atoms with Gasteiger partial charge in [0.25, 0.3) is 0 Å². The molecule has 2 aromatic carbocycles. The van der Waals surface area contributed by atoms with E-state index < -0.39 is 0 Å². The van der Waals surface area contributed by atoms with Gasteiger partial charge in [-0.3, -0.25) is 0 Å². The first-order valence-corrected chi connectivity index (χ1v) is 8.38. The summed E-state index contributed by atoms with van der Waals surface area (Å²) in [5, 5.41) is 5.61. The maximum atomic E-state index is 4.18. The molecular formula is C18H19N3Si. The van der Waals surface area contributed by atoms with Gasteiger partial charge in [0.2, 0.25) is 0 Å². The molecule has 0 fully saturated rings. The molecule has 1 aromatic heterocycles. The fraction of sp³-hybridized carbons (Fsp3) is 0.111. The molecule has 0 amide bonds. The summed E-state index contributed by atoms with van der Waals surface area (Å²) in [6.45, 7) is 3.02. The van der Waals surface area contributed by atoms with Crippen LogP contribution in [-0.2, 0) is 6.54 Å². The Morgan fingerprint density at radius 1 is 1.00 bits per heavy atom. The third-order valence-electron chi connectivity index (χ3n) is 3.93. The van der Waals surface area contributed by atoms with E-state index in [9.17, 15) is 0 Å². The van der Waals surface area contributed by atoms with Crippen LogP contribution in [0.15, 0.2) is 72.4 Å². The molecular weight excluding hydrogens is 286 g/mol. The fourth-order valence-electron chi connectivity index (χ4n) is 2.47. The van der Waals surface area contributed by atoms with Crippen molar-refractivity contribution < 1.29 is 0 Å². The number of benzene rings is 2. The quantitative estimate of drug-likeness (QED) is 0.694. The summed E-state index contributed by atoms with van der Waals surface area (Å²) in [5.41, 5.74) is 5.14. The Bertz CT molecular complexity index is 760. The van der Waals surface area contributed by atoms with Gasteiger partial charge in [-0.25, -0.2) is 9.67 Å². The number of aromatic nitrogens is 3. The molecule has 4 heteroatoms. The predicted molar refractivity (Wildman–Crippen MR) is 94.4 cm³/mol. The summed E-state index contributed by atoms with van der Waals surface area (Å²) < 4.78 is 1.88. The van der Waals surface area contributed by atoms with Crippen molar-refractivity contribution in [1.29, 1.82) is 0 Å². The minimum Gasteiger partial charge on any atom is -0.249 e. The van der Waals surface area contributed by atoms with Gasteiger partial charge < -0.3 is 0 Å². The Hall–Kier alpha value is -2.46. The average molecular weight is 305 g/mol. The molecule has 0 radical (unpaired) electrons. The molecule has 110 valence electrons. The molecule has 3 aromatic rings. The van der Waals surface area contributed by atoms with E-state index in [1.165, 1.54) is 27.5 Å². The number of hydrogen-bond acceptors (Lipinski definition) is 2. The normalized spacial score (nSPS) is 12.2. The van der Waals surface area contributed by atoms with Gasteiger partial charge in [0.1, 0.15) is 12.7 Å². The van der Waals surface area contributed by atoms with E-state index in [-0.39, 0.29) is 0 Å². The van der Waals surface area contributed by atoms with Crippen molar-refractivity contribution >= 4 is 15.8 Å². The SMILES string of the molecule is CC(=C([SiH3])Cn1cncn1)c1ccc(-c2ccccc2)cc1. The number of nitrogens with zero attached hydrogens (tertiary/aromatic N) is 3. The largest absolute Gasteiger partial charge is 0.249 e. The number of rotatable bonds is 4. The van der Waals surface area contributed by atoms with Gasteiger partial charge in [-0.05, 0) is 29.2 Å². The van der Waals surface area contributed by atoms with Gasteiger partial charge in [-0.2, -0.15) is 5.10 Å². The van der Waals surface area contributed by atoms with Crippen molar-refractivity contribution in [2.45, 2.75) is 13.5 Å². The van der Waals surface area contributed by atoms with Crippen LogP contribution in [0.3, 0.4) is 0 Å². The summed E-state index contributed by atoms with van der Waals surface area (Å²) in [4.78, 5) is 4.00.